The lowest BCUT2D eigenvalue weighted by Crippen LogP contribution is -2.39. The molecule has 0 saturated carbocycles. The molecule has 2 N–H and O–H groups in total. The van der Waals surface area contributed by atoms with Crippen LogP contribution in [-0.4, -0.2) is 25.0 Å². The van der Waals surface area contributed by atoms with Crippen molar-refractivity contribution in [1.29, 1.82) is 0 Å². The third-order valence-corrected chi connectivity index (χ3v) is 3.80. The van der Waals surface area contributed by atoms with Crippen LogP contribution in [0.5, 0.6) is 0 Å². The predicted molar refractivity (Wildman–Crippen MR) is 83.7 cm³/mol. The van der Waals surface area contributed by atoms with Crippen LogP contribution in [0.4, 0.5) is 0 Å². The Morgan fingerprint density at radius 1 is 1.47 bits per heavy atom. The molecular formula is C14H20BrClN2O. The Hall–Kier alpha value is -0.580. The molecule has 1 aromatic rings. The maximum absolute atomic E-state index is 11.9. The van der Waals surface area contributed by atoms with E-state index in [4.69, 9.17) is 0 Å². The number of hydrogen-bond acceptors (Lipinski definition) is 2. The van der Waals surface area contributed by atoms with Crippen LogP contribution >= 0.6 is 28.3 Å². The van der Waals surface area contributed by atoms with Gasteiger partial charge < -0.3 is 10.6 Å². The Kier molecular flexibility index (Phi) is 6.83. The van der Waals surface area contributed by atoms with Gasteiger partial charge in [0.05, 0.1) is 5.92 Å². The first kappa shape index (κ1) is 16.5. The van der Waals surface area contributed by atoms with Gasteiger partial charge in [-0.15, -0.1) is 12.4 Å². The second kappa shape index (κ2) is 7.88. The molecule has 1 aliphatic rings. The van der Waals surface area contributed by atoms with Crippen molar-refractivity contribution < 1.29 is 4.79 Å². The van der Waals surface area contributed by atoms with Crippen LogP contribution in [0, 0.1) is 5.92 Å². The predicted octanol–water partition coefficient (Wildman–Crippen LogP) is 2.53. The van der Waals surface area contributed by atoms with E-state index >= 15 is 0 Å². The first-order valence-corrected chi connectivity index (χ1v) is 7.20. The summed E-state index contributed by atoms with van der Waals surface area (Å²) in [5.41, 5.74) is 1.25. The Morgan fingerprint density at radius 2 is 2.16 bits per heavy atom. The molecule has 0 aliphatic carbocycles. The first-order valence-electron chi connectivity index (χ1n) is 6.40. The second-order valence-corrected chi connectivity index (χ2v) is 5.85. The summed E-state index contributed by atoms with van der Waals surface area (Å²) in [6.45, 7) is 3.83. The van der Waals surface area contributed by atoms with E-state index in [0.29, 0.717) is 0 Å². The topological polar surface area (TPSA) is 41.1 Å². The zero-order valence-electron chi connectivity index (χ0n) is 11.0. The second-order valence-electron chi connectivity index (χ2n) is 4.93. The van der Waals surface area contributed by atoms with Crippen molar-refractivity contribution in [3.63, 3.8) is 0 Å². The molecule has 0 bridgehead atoms. The highest BCUT2D eigenvalue weighted by molar-refractivity contribution is 9.10. The van der Waals surface area contributed by atoms with Crippen LogP contribution < -0.4 is 10.6 Å². The minimum Gasteiger partial charge on any atom is -0.353 e. The maximum atomic E-state index is 11.9. The molecule has 2 unspecified atom stereocenters. The largest absolute Gasteiger partial charge is 0.353 e. The molecule has 0 aromatic heterocycles. The average Bonchev–Trinajstić information content (AvgIpc) is 2.85. The molecule has 106 valence electrons. The van der Waals surface area contributed by atoms with E-state index in [0.717, 1.165) is 30.4 Å². The highest BCUT2D eigenvalue weighted by Crippen LogP contribution is 2.12. The summed E-state index contributed by atoms with van der Waals surface area (Å²) >= 11 is 3.42. The molecular weight excluding hydrogens is 328 g/mol. The third-order valence-electron chi connectivity index (χ3n) is 3.27. The summed E-state index contributed by atoms with van der Waals surface area (Å²) in [4.78, 5) is 11.9. The minimum atomic E-state index is 0. The van der Waals surface area contributed by atoms with Gasteiger partial charge in [0, 0.05) is 17.1 Å². The van der Waals surface area contributed by atoms with Crippen LogP contribution in [0.1, 0.15) is 18.9 Å². The van der Waals surface area contributed by atoms with Crippen molar-refractivity contribution >= 4 is 34.2 Å². The van der Waals surface area contributed by atoms with Crippen molar-refractivity contribution in [2.24, 2.45) is 5.92 Å². The number of carbonyl (C=O) groups excluding carboxylic acids is 1. The molecule has 1 saturated heterocycles. The van der Waals surface area contributed by atoms with Crippen molar-refractivity contribution in [3.05, 3.63) is 34.3 Å². The maximum Gasteiger partial charge on any atom is 0.224 e. The van der Waals surface area contributed by atoms with Crippen LogP contribution in [0.3, 0.4) is 0 Å². The molecule has 5 heteroatoms. The molecule has 1 amide bonds. The summed E-state index contributed by atoms with van der Waals surface area (Å²) in [6, 6.07) is 8.42. The summed E-state index contributed by atoms with van der Waals surface area (Å²) < 4.78 is 1.08. The SMILES string of the molecule is CC(Cc1ccc(Br)cc1)NC(=O)C1CCNC1.Cl. The Bertz CT molecular complexity index is 404. The van der Waals surface area contributed by atoms with Gasteiger partial charge in [-0.1, -0.05) is 28.1 Å². The van der Waals surface area contributed by atoms with Crippen molar-refractivity contribution in [2.75, 3.05) is 13.1 Å². The van der Waals surface area contributed by atoms with Gasteiger partial charge in [-0.05, 0) is 44.0 Å². The lowest BCUT2D eigenvalue weighted by molar-refractivity contribution is -0.125. The molecule has 1 aromatic carbocycles. The average molecular weight is 348 g/mol. The van der Waals surface area contributed by atoms with Gasteiger partial charge in [0.15, 0.2) is 0 Å². The summed E-state index contributed by atoms with van der Waals surface area (Å²) in [5, 5.41) is 6.31. The molecule has 1 aliphatic heterocycles. The van der Waals surface area contributed by atoms with Gasteiger partial charge in [-0.2, -0.15) is 0 Å². The number of hydrogen-bond donors (Lipinski definition) is 2. The van der Waals surface area contributed by atoms with Crippen LogP contribution in [-0.2, 0) is 11.2 Å². The van der Waals surface area contributed by atoms with E-state index in [9.17, 15) is 4.79 Å². The number of carbonyl (C=O) groups is 1. The number of amides is 1. The highest BCUT2D eigenvalue weighted by Gasteiger charge is 2.23. The summed E-state index contributed by atoms with van der Waals surface area (Å²) in [5.74, 6) is 0.335. The quantitative estimate of drug-likeness (QED) is 0.879. The molecule has 0 spiro atoms. The van der Waals surface area contributed by atoms with E-state index in [1.54, 1.807) is 0 Å². The fraction of sp³-hybridized carbons (Fsp3) is 0.500. The summed E-state index contributed by atoms with van der Waals surface area (Å²) in [6.07, 6.45) is 1.83. The first-order chi connectivity index (χ1) is 8.65. The molecule has 3 nitrogen and oxygen atoms in total. The van der Waals surface area contributed by atoms with Crippen molar-refractivity contribution in [2.45, 2.75) is 25.8 Å². The van der Waals surface area contributed by atoms with Gasteiger partial charge in [0.2, 0.25) is 5.91 Å². The van der Waals surface area contributed by atoms with Gasteiger partial charge in [0.1, 0.15) is 0 Å². The standard InChI is InChI=1S/C14H19BrN2O.ClH/c1-10(8-11-2-4-13(15)5-3-11)17-14(18)12-6-7-16-9-12;/h2-5,10,12,16H,6-9H2,1H3,(H,17,18);1H. The van der Waals surface area contributed by atoms with Gasteiger partial charge in [-0.3, -0.25) is 4.79 Å². The van der Waals surface area contributed by atoms with Gasteiger partial charge >= 0.3 is 0 Å². The lowest BCUT2D eigenvalue weighted by atomic mass is 10.0. The number of nitrogens with one attached hydrogen (secondary N) is 2. The van der Waals surface area contributed by atoms with E-state index in [-0.39, 0.29) is 30.3 Å². The fourth-order valence-electron chi connectivity index (χ4n) is 2.26. The monoisotopic (exact) mass is 346 g/mol. The fourth-order valence-corrected chi connectivity index (χ4v) is 2.53. The molecule has 19 heavy (non-hydrogen) atoms. The van der Waals surface area contributed by atoms with E-state index in [1.165, 1.54) is 5.56 Å². The van der Waals surface area contributed by atoms with Crippen molar-refractivity contribution in [1.82, 2.24) is 10.6 Å². The number of halogens is 2. The molecule has 2 atom stereocenters. The molecule has 1 fully saturated rings. The Morgan fingerprint density at radius 3 is 2.74 bits per heavy atom. The zero-order valence-corrected chi connectivity index (χ0v) is 13.4. The van der Waals surface area contributed by atoms with E-state index in [1.807, 2.05) is 12.1 Å². The highest BCUT2D eigenvalue weighted by atomic mass is 79.9. The summed E-state index contributed by atoms with van der Waals surface area (Å²) in [7, 11) is 0. The van der Waals surface area contributed by atoms with Crippen molar-refractivity contribution in [3.8, 4) is 0 Å². The normalized spacial score (nSPS) is 19.6. The number of benzene rings is 1. The van der Waals surface area contributed by atoms with Gasteiger partial charge in [-0.25, -0.2) is 0 Å². The molecule has 0 radical (unpaired) electrons. The Balaban J connectivity index is 0.00000180. The smallest absolute Gasteiger partial charge is 0.224 e. The minimum absolute atomic E-state index is 0. The zero-order chi connectivity index (χ0) is 13.0. The Labute approximate surface area is 129 Å². The van der Waals surface area contributed by atoms with Crippen LogP contribution in [0.15, 0.2) is 28.7 Å². The third kappa shape index (κ3) is 5.13. The molecule has 2 rings (SSSR count). The number of rotatable bonds is 4. The molecule has 1 heterocycles. The lowest BCUT2D eigenvalue weighted by Gasteiger charge is -2.16. The van der Waals surface area contributed by atoms with Crippen LogP contribution in [0.25, 0.3) is 0 Å². The van der Waals surface area contributed by atoms with E-state index in [2.05, 4.69) is 45.6 Å². The van der Waals surface area contributed by atoms with Gasteiger partial charge in [0.25, 0.3) is 0 Å². The van der Waals surface area contributed by atoms with Crippen LogP contribution in [0.2, 0.25) is 0 Å². The van der Waals surface area contributed by atoms with E-state index < -0.39 is 0 Å².